The second kappa shape index (κ2) is 7.67. The molecule has 0 heterocycles. The van der Waals surface area contributed by atoms with E-state index in [1.807, 2.05) is 13.8 Å². The van der Waals surface area contributed by atoms with Gasteiger partial charge in [-0.25, -0.2) is 0 Å². The first kappa shape index (κ1) is 14.5. The van der Waals surface area contributed by atoms with Gasteiger partial charge < -0.3 is 15.7 Å². The summed E-state index contributed by atoms with van der Waals surface area (Å²) in [5, 5.41) is 15.1. The molecule has 2 unspecified atom stereocenters. The van der Waals surface area contributed by atoms with Crippen molar-refractivity contribution in [3.63, 3.8) is 0 Å². The van der Waals surface area contributed by atoms with Crippen molar-refractivity contribution < 1.29 is 9.90 Å². The summed E-state index contributed by atoms with van der Waals surface area (Å²) in [7, 11) is 0. The molecule has 0 aliphatic heterocycles. The van der Waals surface area contributed by atoms with Gasteiger partial charge in [0, 0.05) is 18.7 Å². The minimum atomic E-state index is -0.182. The molecule has 1 fully saturated rings. The Hall–Kier alpha value is -0.610. The molecular formula is C13H26N2O2. The van der Waals surface area contributed by atoms with Gasteiger partial charge >= 0.3 is 0 Å². The van der Waals surface area contributed by atoms with Crippen molar-refractivity contribution in [1.82, 2.24) is 10.6 Å². The van der Waals surface area contributed by atoms with Gasteiger partial charge in [0.1, 0.15) is 0 Å². The smallest absolute Gasteiger partial charge is 0.237 e. The molecule has 0 aromatic heterocycles. The van der Waals surface area contributed by atoms with Crippen LogP contribution in [0.25, 0.3) is 0 Å². The molecule has 2 atom stereocenters. The van der Waals surface area contributed by atoms with Gasteiger partial charge in [-0.2, -0.15) is 0 Å². The van der Waals surface area contributed by atoms with Crippen LogP contribution in [0.3, 0.4) is 0 Å². The van der Waals surface area contributed by atoms with Crippen LogP contribution in [-0.4, -0.2) is 35.7 Å². The summed E-state index contributed by atoms with van der Waals surface area (Å²) in [5.41, 5.74) is 0. The molecule has 0 aromatic rings. The average molecular weight is 242 g/mol. The van der Waals surface area contributed by atoms with Crippen LogP contribution in [0.1, 0.15) is 52.4 Å². The molecule has 4 nitrogen and oxygen atoms in total. The van der Waals surface area contributed by atoms with Crippen LogP contribution < -0.4 is 10.6 Å². The van der Waals surface area contributed by atoms with E-state index in [-0.39, 0.29) is 24.6 Å². The molecule has 17 heavy (non-hydrogen) atoms. The third kappa shape index (κ3) is 5.50. The lowest BCUT2D eigenvalue weighted by atomic mass is 9.95. The van der Waals surface area contributed by atoms with Crippen LogP contribution in [0.5, 0.6) is 0 Å². The van der Waals surface area contributed by atoms with Crippen molar-refractivity contribution in [1.29, 1.82) is 0 Å². The second-order valence-electron chi connectivity index (χ2n) is 5.15. The molecule has 0 saturated heterocycles. The summed E-state index contributed by atoms with van der Waals surface area (Å²) >= 11 is 0. The van der Waals surface area contributed by atoms with Crippen LogP contribution in [0, 0.1) is 0 Å². The van der Waals surface area contributed by atoms with Gasteiger partial charge in [-0.05, 0) is 33.1 Å². The molecule has 0 bridgehead atoms. The Labute approximate surface area is 104 Å². The van der Waals surface area contributed by atoms with Gasteiger partial charge in [-0.3, -0.25) is 4.79 Å². The molecule has 1 aliphatic rings. The Morgan fingerprint density at radius 2 is 1.94 bits per heavy atom. The summed E-state index contributed by atoms with van der Waals surface area (Å²) in [6.45, 7) is 4.03. The Morgan fingerprint density at radius 3 is 2.53 bits per heavy atom. The molecular weight excluding hydrogens is 216 g/mol. The molecule has 0 radical (unpaired) electrons. The van der Waals surface area contributed by atoms with Crippen LogP contribution in [0.4, 0.5) is 0 Å². The number of rotatable bonds is 6. The lowest BCUT2D eigenvalue weighted by Gasteiger charge is -2.26. The second-order valence-corrected chi connectivity index (χ2v) is 5.15. The zero-order valence-electron chi connectivity index (χ0n) is 11.0. The standard InChI is InChI=1S/C13H26N2O2/c1-10(8-9-16)14-11(2)13(17)15-12-6-4-3-5-7-12/h10-12,14,16H,3-9H2,1-2H3,(H,15,17). The molecule has 1 amide bonds. The third-order valence-electron chi connectivity index (χ3n) is 3.44. The summed E-state index contributed by atoms with van der Waals surface area (Å²) < 4.78 is 0. The maximum absolute atomic E-state index is 11.9. The number of aliphatic hydroxyl groups is 1. The Bertz CT molecular complexity index is 227. The fourth-order valence-corrected chi connectivity index (χ4v) is 2.35. The summed E-state index contributed by atoms with van der Waals surface area (Å²) in [6.07, 6.45) is 6.67. The minimum Gasteiger partial charge on any atom is -0.396 e. The highest BCUT2D eigenvalue weighted by Crippen LogP contribution is 2.17. The van der Waals surface area contributed by atoms with E-state index in [4.69, 9.17) is 5.11 Å². The predicted octanol–water partition coefficient (Wildman–Crippen LogP) is 1.18. The van der Waals surface area contributed by atoms with Gasteiger partial charge in [0.2, 0.25) is 5.91 Å². The van der Waals surface area contributed by atoms with E-state index in [2.05, 4.69) is 10.6 Å². The highest BCUT2D eigenvalue weighted by molar-refractivity contribution is 5.81. The van der Waals surface area contributed by atoms with Crippen molar-refractivity contribution in [2.45, 2.75) is 70.5 Å². The molecule has 1 rings (SSSR count). The molecule has 0 spiro atoms. The topological polar surface area (TPSA) is 61.4 Å². The van der Waals surface area contributed by atoms with Gasteiger partial charge in [0.25, 0.3) is 0 Å². The van der Waals surface area contributed by atoms with Crippen LogP contribution >= 0.6 is 0 Å². The lowest BCUT2D eigenvalue weighted by Crippen LogP contribution is -2.49. The number of carbonyl (C=O) groups is 1. The molecule has 3 N–H and O–H groups in total. The van der Waals surface area contributed by atoms with Gasteiger partial charge in [0.05, 0.1) is 6.04 Å². The summed E-state index contributed by atoms with van der Waals surface area (Å²) in [4.78, 5) is 11.9. The third-order valence-corrected chi connectivity index (χ3v) is 3.44. The fourth-order valence-electron chi connectivity index (χ4n) is 2.35. The van der Waals surface area contributed by atoms with E-state index in [1.165, 1.54) is 19.3 Å². The minimum absolute atomic E-state index is 0.0849. The highest BCUT2D eigenvalue weighted by Gasteiger charge is 2.20. The zero-order valence-corrected chi connectivity index (χ0v) is 11.0. The largest absolute Gasteiger partial charge is 0.396 e. The zero-order chi connectivity index (χ0) is 12.7. The van der Waals surface area contributed by atoms with Gasteiger partial charge in [-0.15, -0.1) is 0 Å². The lowest BCUT2D eigenvalue weighted by molar-refractivity contribution is -0.123. The van der Waals surface area contributed by atoms with E-state index >= 15 is 0 Å². The Morgan fingerprint density at radius 1 is 1.29 bits per heavy atom. The molecule has 100 valence electrons. The quantitative estimate of drug-likeness (QED) is 0.655. The van der Waals surface area contributed by atoms with Crippen LogP contribution in [0.15, 0.2) is 0 Å². The Balaban J connectivity index is 2.25. The number of amides is 1. The number of hydrogen-bond acceptors (Lipinski definition) is 3. The summed E-state index contributed by atoms with van der Waals surface area (Å²) in [6, 6.07) is 0.360. The van der Waals surface area contributed by atoms with E-state index < -0.39 is 0 Å². The van der Waals surface area contributed by atoms with Gasteiger partial charge in [0.15, 0.2) is 0 Å². The summed E-state index contributed by atoms with van der Waals surface area (Å²) in [5.74, 6) is 0.0849. The molecule has 4 heteroatoms. The van der Waals surface area contributed by atoms with E-state index in [1.54, 1.807) is 0 Å². The fraction of sp³-hybridized carbons (Fsp3) is 0.923. The van der Waals surface area contributed by atoms with Crippen LogP contribution in [0.2, 0.25) is 0 Å². The maximum Gasteiger partial charge on any atom is 0.237 e. The van der Waals surface area contributed by atoms with Crippen molar-refractivity contribution in [2.24, 2.45) is 0 Å². The monoisotopic (exact) mass is 242 g/mol. The highest BCUT2D eigenvalue weighted by atomic mass is 16.3. The van der Waals surface area contributed by atoms with E-state index in [0.29, 0.717) is 12.5 Å². The van der Waals surface area contributed by atoms with Crippen LogP contribution in [-0.2, 0) is 4.79 Å². The SMILES string of the molecule is CC(CCO)NC(C)C(=O)NC1CCCCC1. The van der Waals surface area contributed by atoms with E-state index in [0.717, 1.165) is 12.8 Å². The first-order chi connectivity index (χ1) is 8.13. The van der Waals surface area contributed by atoms with E-state index in [9.17, 15) is 4.79 Å². The Kier molecular flexibility index (Phi) is 6.52. The van der Waals surface area contributed by atoms with Crippen molar-refractivity contribution in [3.05, 3.63) is 0 Å². The number of hydrogen-bond donors (Lipinski definition) is 3. The molecule has 1 saturated carbocycles. The van der Waals surface area contributed by atoms with Crippen molar-refractivity contribution >= 4 is 5.91 Å². The normalized spacial score (nSPS) is 20.9. The predicted molar refractivity (Wildman–Crippen MR) is 68.8 cm³/mol. The number of nitrogens with one attached hydrogen (secondary N) is 2. The maximum atomic E-state index is 11.9. The number of aliphatic hydroxyl groups excluding tert-OH is 1. The number of carbonyl (C=O) groups excluding carboxylic acids is 1. The first-order valence-corrected chi connectivity index (χ1v) is 6.80. The molecule has 1 aliphatic carbocycles. The first-order valence-electron chi connectivity index (χ1n) is 6.80. The molecule has 0 aromatic carbocycles. The van der Waals surface area contributed by atoms with Crippen molar-refractivity contribution in [3.8, 4) is 0 Å². The van der Waals surface area contributed by atoms with Gasteiger partial charge in [-0.1, -0.05) is 19.3 Å². The van der Waals surface area contributed by atoms with Crippen molar-refractivity contribution in [2.75, 3.05) is 6.61 Å². The average Bonchev–Trinajstić information content (AvgIpc) is 2.30.